The van der Waals surface area contributed by atoms with E-state index in [0.29, 0.717) is 11.3 Å². The van der Waals surface area contributed by atoms with Crippen LogP contribution in [-0.2, 0) is 0 Å². The monoisotopic (exact) mass is 341 g/mol. The average Bonchev–Trinajstić information content (AvgIpc) is 2.83. The normalized spacial score (nSPS) is 10.3. The van der Waals surface area contributed by atoms with Crippen LogP contribution in [0.4, 0.5) is 0 Å². The minimum atomic E-state index is -1.21. The molecule has 0 saturated carbocycles. The molecule has 1 heterocycles. The SMILES string of the molecule is CCOc1oc(-c2ccc(Br)cc2OC)nc1C(=O)O. The number of carbonyl (C=O) groups is 1. The van der Waals surface area contributed by atoms with Gasteiger partial charge in [-0.1, -0.05) is 15.9 Å². The number of carboxylic acid groups (broad SMARTS) is 1. The van der Waals surface area contributed by atoms with Crippen LogP contribution in [0.3, 0.4) is 0 Å². The topological polar surface area (TPSA) is 81.8 Å². The third kappa shape index (κ3) is 2.77. The third-order valence-corrected chi connectivity index (χ3v) is 2.96. The second-order valence-corrected chi connectivity index (χ2v) is 4.65. The van der Waals surface area contributed by atoms with E-state index in [1.165, 1.54) is 7.11 Å². The fraction of sp³-hybridized carbons (Fsp3) is 0.231. The van der Waals surface area contributed by atoms with Gasteiger partial charge < -0.3 is 19.0 Å². The van der Waals surface area contributed by atoms with Crippen LogP contribution in [-0.4, -0.2) is 29.8 Å². The molecule has 2 rings (SSSR count). The van der Waals surface area contributed by atoms with E-state index in [1.54, 1.807) is 25.1 Å². The molecule has 0 aliphatic carbocycles. The smallest absolute Gasteiger partial charge is 0.362 e. The molecule has 6 nitrogen and oxygen atoms in total. The summed E-state index contributed by atoms with van der Waals surface area (Å²) >= 11 is 3.33. The number of hydrogen-bond acceptors (Lipinski definition) is 5. The van der Waals surface area contributed by atoms with Gasteiger partial charge in [0.1, 0.15) is 5.75 Å². The van der Waals surface area contributed by atoms with Crippen molar-refractivity contribution in [3.05, 3.63) is 28.4 Å². The number of halogens is 1. The Balaban J connectivity index is 2.53. The summed E-state index contributed by atoms with van der Waals surface area (Å²) in [6.07, 6.45) is 0. The number of rotatable bonds is 5. The van der Waals surface area contributed by atoms with E-state index in [-0.39, 0.29) is 24.1 Å². The summed E-state index contributed by atoms with van der Waals surface area (Å²) in [7, 11) is 1.51. The van der Waals surface area contributed by atoms with Crippen molar-refractivity contribution in [3.63, 3.8) is 0 Å². The van der Waals surface area contributed by atoms with E-state index in [1.807, 2.05) is 0 Å². The van der Waals surface area contributed by atoms with Crippen LogP contribution in [0, 0.1) is 0 Å². The number of aromatic nitrogens is 1. The predicted molar refractivity (Wildman–Crippen MR) is 74.3 cm³/mol. The van der Waals surface area contributed by atoms with Gasteiger partial charge in [-0.25, -0.2) is 4.79 Å². The summed E-state index contributed by atoms with van der Waals surface area (Å²) in [6.45, 7) is 2.01. The molecule has 0 amide bonds. The van der Waals surface area contributed by atoms with Gasteiger partial charge in [-0.2, -0.15) is 4.98 Å². The number of nitrogens with zero attached hydrogens (tertiary/aromatic N) is 1. The zero-order valence-electron chi connectivity index (χ0n) is 10.8. The van der Waals surface area contributed by atoms with Crippen molar-refractivity contribution in [1.82, 2.24) is 4.98 Å². The average molecular weight is 342 g/mol. The molecular weight excluding hydrogens is 330 g/mol. The molecule has 0 atom stereocenters. The molecule has 2 aromatic rings. The maximum atomic E-state index is 11.1. The summed E-state index contributed by atoms with van der Waals surface area (Å²) in [5.74, 6) is -0.671. The lowest BCUT2D eigenvalue weighted by molar-refractivity contribution is 0.0683. The first-order valence-corrected chi connectivity index (χ1v) is 6.57. The molecule has 0 spiro atoms. The fourth-order valence-electron chi connectivity index (χ4n) is 1.63. The van der Waals surface area contributed by atoms with Crippen molar-refractivity contribution in [2.75, 3.05) is 13.7 Å². The quantitative estimate of drug-likeness (QED) is 0.899. The number of oxazole rings is 1. The summed E-state index contributed by atoms with van der Waals surface area (Å²) in [5.41, 5.74) is 0.288. The number of aromatic carboxylic acids is 1. The maximum absolute atomic E-state index is 11.1. The van der Waals surface area contributed by atoms with Crippen LogP contribution in [0.5, 0.6) is 11.7 Å². The van der Waals surface area contributed by atoms with Crippen LogP contribution >= 0.6 is 15.9 Å². The number of carboxylic acids is 1. The molecule has 7 heteroatoms. The van der Waals surface area contributed by atoms with Crippen molar-refractivity contribution in [2.45, 2.75) is 6.92 Å². The number of ether oxygens (including phenoxy) is 2. The summed E-state index contributed by atoms with van der Waals surface area (Å²) in [5, 5.41) is 9.08. The minimum Gasteiger partial charge on any atom is -0.496 e. The van der Waals surface area contributed by atoms with Crippen LogP contribution in [0.1, 0.15) is 17.4 Å². The first kappa shape index (κ1) is 14.4. The highest BCUT2D eigenvalue weighted by Crippen LogP contribution is 2.35. The Bertz CT molecular complexity index is 638. The minimum absolute atomic E-state index is 0.111. The molecule has 0 aliphatic rings. The maximum Gasteiger partial charge on any atom is 0.362 e. The number of methoxy groups -OCH3 is 1. The van der Waals surface area contributed by atoms with Crippen LogP contribution in [0.15, 0.2) is 27.1 Å². The number of hydrogen-bond donors (Lipinski definition) is 1. The van der Waals surface area contributed by atoms with E-state index in [4.69, 9.17) is 19.0 Å². The van der Waals surface area contributed by atoms with Crippen molar-refractivity contribution in [3.8, 4) is 23.1 Å². The molecule has 20 heavy (non-hydrogen) atoms. The Morgan fingerprint density at radius 2 is 2.25 bits per heavy atom. The Morgan fingerprint density at radius 1 is 1.50 bits per heavy atom. The van der Waals surface area contributed by atoms with Crippen LogP contribution < -0.4 is 9.47 Å². The summed E-state index contributed by atoms with van der Waals surface area (Å²) in [4.78, 5) is 15.1. The lowest BCUT2D eigenvalue weighted by Crippen LogP contribution is -2.01. The lowest BCUT2D eigenvalue weighted by atomic mass is 10.2. The second kappa shape index (κ2) is 5.96. The van der Waals surface area contributed by atoms with Gasteiger partial charge in [-0.3, -0.25) is 0 Å². The van der Waals surface area contributed by atoms with Gasteiger partial charge in [0.2, 0.25) is 11.6 Å². The number of benzene rings is 1. The summed E-state index contributed by atoms with van der Waals surface area (Å²) < 4.78 is 16.6. The first-order chi connectivity index (χ1) is 9.56. The zero-order chi connectivity index (χ0) is 14.7. The molecule has 0 bridgehead atoms. The van der Waals surface area contributed by atoms with Gasteiger partial charge in [0.15, 0.2) is 0 Å². The molecule has 0 saturated heterocycles. The first-order valence-electron chi connectivity index (χ1n) is 5.77. The van der Waals surface area contributed by atoms with Gasteiger partial charge in [0, 0.05) is 4.47 Å². The Labute approximate surface area is 123 Å². The fourth-order valence-corrected chi connectivity index (χ4v) is 1.97. The molecule has 1 aromatic carbocycles. The van der Waals surface area contributed by atoms with Gasteiger partial charge in [-0.05, 0) is 25.1 Å². The van der Waals surface area contributed by atoms with E-state index >= 15 is 0 Å². The Hall–Kier alpha value is -2.02. The zero-order valence-corrected chi connectivity index (χ0v) is 12.4. The summed E-state index contributed by atoms with van der Waals surface area (Å²) in [6, 6.07) is 5.24. The molecule has 0 radical (unpaired) electrons. The Morgan fingerprint density at radius 3 is 2.85 bits per heavy atom. The highest BCUT2D eigenvalue weighted by atomic mass is 79.9. The van der Waals surface area contributed by atoms with Gasteiger partial charge in [0.25, 0.3) is 0 Å². The van der Waals surface area contributed by atoms with Gasteiger partial charge >= 0.3 is 11.9 Å². The van der Waals surface area contributed by atoms with Crippen molar-refractivity contribution >= 4 is 21.9 Å². The van der Waals surface area contributed by atoms with E-state index in [2.05, 4.69) is 20.9 Å². The molecule has 106 valence electrons. The predicted octanol–water partition coefficient (Wildman–Crippen LogP) is 3.21. The van der Waals surface area contributed by atoms with Crippen LogP contribution in [0.25, 0.3) is 11.5 Å². The van der Waals surface area contributed by atoms with E-state index in [9.17, 15) is 4.79 Å². The molecular formula is C13H12BrNO5. The van der Waals surface area contributed by atoms with Gasteiger partial charge in [-0.15, -0.1) is 0 Å². The standard InChI is InChI=1S/C13H12BrNO5/c1-3-19-13-10(12(16)17)15-11(20-13)8-5-4-7(14)6-9(8)18-2/h4-6H,3H2,1-2H3,(H,16,17). The second-order valence-electron chi connectivity index (χ2n) is 3.74. The van der Waals surface area contributed by atoms with Crippen LogP contribution in [0.2, 0.25) is 0 Å². The highest BCUT2D eigenvalue weighted by molar-refractivity contribution is 9.10. The molecule has 1 aromatic heterocycles. The highest BCUT2D eigenvalue weighted by Gasteiger charge is 2.23. The van der Waals surface area contributed by atoms with E-state index in [0.717, 1.165) is 4.47 Å². The van der Waals surface area contributed by atoms with Gasteiger partial charge in [0.05, 0.1) is 19.3 Å². The molecule has 0 unspecified atom stereocenters. The lowest BCUT2D eigenvalue weighted by Gasteiger charge is -2.05. The largest absolute Gasteiger partial charge is 0.496 e. The third-order valence-electron chi connectivity index (χ3n) is 2.47. The molecule has 0 aliphatic heterocycles. The van der Waals surface area contributed by atoms with Crippen molar-refractivity contribution < 1.29 is 23.8 Å². The van der Waals surface area contributed by atoms with E-state index < -0.39 is 5.97 Å². The Kier molecular flexibility index (Phi) is 4.29. The van der Waals surface area contributed by atoms with Crippen molar-refractivity contribution in [2.24, 2.45) is 0 Å². The van der Waals surface area contributed by atoms with Crippen molar-refractivity contribution in [1.29, 1.82) is 0 Å². The molecule has 0 fully saturated rings. The molecule has 1 N–H and O–H groups in total.